The molecule has 5 nitrogen and oxygen atoms in total. The summed E-state index contributed by atoms with van der Waals surface area (Å²) in [5.41, 5.74) is 1.12. The molecule has 1 spiro atoms. The molecule has 146 valence electrons. The fourth-order valence-corrected chi connectivity index (χ4v) is 5.51. The maximum absolute atomic E-state index is 12.1. The predicted octanol–water partition coefficient (Wildman–Crippen LogP) is 3.18. The summed E-state index contributed by atoms with van der Waals surface area (Å²) < 4.78 is 12.7. The first-order valence-electron chi connectivity index (χ1n) is 9.80. The third-order valence-corrected chi connectivity index (χ3v) is 6.84. The average molecular weight is 389 g/mol. The van der Waals surface area contributed by atoms with Gasteiger partial charge in [0.1, 0.15) is 12.2 Å². The van der Waals surface area contributed by atoms with E-state index in [1.807, 2.05) is 11.3 Å². The second-order valence-electron chi connectivity index (χ2n) is 7.68. The van der Waals surface area contributed by atoms with Crippen molar-refractivity contribution >= 4 is 27.3 Å². The molecule has 1 aliphatic carbocycles. The van der Waals surface area contributed by atoms with Crippen molar-refractivity contribution in [2.45, 2.75) is 43.9 Å². The lowest BCUT2D eigenvalue weighted by molar-refractivity contribution is -0.152. The molecule has 0 unspecified atom stereocenters. The molecule has 1 N–H and O–H groups in total. The Labute approximate surface area is 164 Å². The minimum atomic E-state index is -0.272. The third-order valence-electron chi connectivity index (χ3n) is 5.83. The molecular weight excluding hydrogens is 360 g/mol. The Morgan fingerprint density at radius 1 is 1.41 bits per heavy atom. The molecule has 2 aromatic rings. The molecule has 2 atom stereocenters. The topological polar surface area (TPSA) is 50.8 Å². The number of ether oxygens (including phenoxy) is 2. The zero-order valence-electron chi connectivity index (χ0n) is 15.9. The average Bonchev–Trinajstić information content (AvgIpc) is 3.07. The van der Waals surface area contributed by atoms with Crippen LogP contribution in [0.25, 0.3) is 10.1 Å². The highest BCUT2D eigenvalue weighted by Gasteiger charge is 2.45. The molecule has 1 saturated carbocycles. The molecule has 2 aliphatic rings. The number of nitrogens with one attached hydrogen (secondary N) is 1. The standard InChI is InChI=1S/C21H28N2O3S/c1-25-13-20(24)22-19-8-4-5-9-21(19)15-23(10-11-26-21)12-16-14-27-18-7-3-2-6-17(16)18/h2-3,6-7,14,19H,4-5,8-13,15H2,1H3,(H,22,24)/t19-,21-/m0/s1. The van der Waals surface area contributed by atoms with E-state index in [0.29, 0.717) is 0 Å². The number of morpholine rings is 1. The molecule has 1 aromatic carbocycles. The number of methoxy groups -OCH3 is 1. The zero-order chi connectivity index (χ0) is 18.7. The highest BCUT2D eigenvalue weighted by atomic mass is 32.1. The van der Waals surface area contributed by atoms with Gasteiger partial charge in [-0.1, -0.05) is 31.0 Å². The summed E-state index contributed by atoms with van der Waals surface area (Å²) in [6.07, 6.45) is 4.28. The van der Waals surface area contributed by atoms with Gasteiger partial charge in [0.2, 0.25) is 5.91 Å². The van der Waals surface area contributed by atoms with Gasteiger partial charge in [-0.3, -0.25) is 9.69 Å². The van der Waals surface area contributed by atoms with Gasteiger partial charge in [0, 0.05) is 31.4 Å². The Hall–Kier alpha value is -1.47. The van der Waals surface area contributed by atoms with Gasteiger partial charge in [-0.15, -0.1) is 11.3 Å². The maximum Gasteiger partial charge on any atom is 0.246 e. The normalized spacial score (nSPS) is 26.5. The molecule has 0 bridgehead atoms. The van der Waals surface area contributed by atoms with Crippen molar-refractivity contribution in [3.05, 3.63) is 35.2 Å². The van der Waals surface area contributed by atoms with Crippen LogP contribution in [0.5, 0.6) is 0 Å². The number of hydrogen-bond acceptors (Lipinski definition) is 5. The van der Waals surface area contributed by atoms with E-state index >= 15 is 0 Å². The van der Waals surface area contributed by atoms with E-state index in [2.05, 4.69) is 39.9 Å². The van der Waals surface area contributed by atoms with Gasteiger partial charge in [0.15, 0.2) is 0 Å². The van der Waals surface area contributed by atoms with Gasteiger partial charge < -0.3 is 14.8 Å². The number of benzene rings is 1. The molecule has 2 heterocycles. The number of hydrogen-bond donors (Lipinski definition) is 1. The van der Waals surface area contributed by atoms with E-state index in [4.69, 9.17) is 9.47 Å². The van der Waals surface area contributed by atoms with Gasteiger partial charge in [-0.2, -0.15) is 0 Å². The number of thiophene rings is 1. The molecule has 1 aromatic heterocycles. The van der Waals surface area contributed by atoms with Crippen LogP contribution in [0.1, 0.15) is 31.2 Å². The SMILES string of the molecule is COCC(=O)N[C@H]1CCCC[C@]12CN(Cc1csc3ccccc13)CCO2. The largest absolute Gasteiger partial charge is 0.375 e. The van der Waals surface area contributed by atoms with Crippen LogP contribution in [-0.2, 0) is 20.8 Å². The summed E-state index contributed by atoms with van der Waals surface area (Å²) in [6.45, 7) is 3.57. The van der Waals surface area contributed by atoms with Gasteiger partial charge in [-0.25, -0.2) is 0 Å². The summed E-state index contributed by atoms with van der Waals surface area (Å²) in [6, 6.07) is 8.68. The summed E-state index contributed by atoms with van der Waals surface area (Å²) >= 11 is 1.82. The summed E-state index contributed by atoms with van der Waals surface area (Å²) in [5, 5.41) is 6.82. The highest BCUT2D eigenvalue weighted by Crippen LogP contribution is 2.36. The van der Waals surface area contributed by atoms with Crippen LogP contribution in [-0.4, -0.2) is 55.9 Å². The number of amides is 1. The number of fused-ring (bicyclic) bond motifs is 1. The molecule has 1 saturated heterocycles. The second kappa shape index (κ2) is 8.27. The van der Waals surface area contributed by atoms with Crippen LogP contribution in [0.2, 0.25) is 0 Å². The first kappa shape index (κ1) is 18.9. The molecular formula is C21H28N2O3S. The Morgan fingerprint density at radius 3 is 3.19 bits per heavy atom. The van der Waals surface area contributed by atoms with Crippen LogP contribution in [0.15, 0.2) is 29.6 Å². The van der Waals surface area contributed by atoms with Crippen molar-refractivity contribution in [2.75, 3.05) is 33.4 Å². The van der Waals surface area contributed by atoms with Crippen LogP contribution in [0, 0.1) is 0 Å². The van der Waals surface area contributed by atoms with Crippen molar-refractivity contribution in [3.63, 3.8) is 0 Å². The van der Waals surface area contributed by atoms with Crippen LogP contribution in [0.4, 0.5) is 0 Å². The quantitative estimate of drug-likeness (QED) is 0.855. The number of carbonyl (C=O) groups excluding carboxylic acids is 1. The Balaban J connectivity index is 1.49. The van der Waals surface area contributed by atoms with Gasteiger partial charge in [-0.05, 0) is 35.2 Å². The van der Waals surface area contributed by atoms with Gasteiger partial charge in [0.05, 0.1) is 12.6 Å². The molecule has 2 fully saturated rings. The van der Waals surface area contributed by atoms with E-state index in [0.717, 1.165) is 51.9 Å². The summed E-state index contributed by atoms with van der Waals surface area (Å²) in [7, 11) is 1.56. The number of carbonyl (C=O) groups is 1. The maximum atomic E-state index is 12.1. The van der Waals surface area contributed by atoms with Crippen molar-refractivity contribution in [1.82, 2.24) is 10.2 Å². The first-order valence-corrected chi connectivity index (χ1v) is 10.7. The number of nitrogens with zero attached hydrogens (tertiary/aromatic N) is 1. The predicted molar refractivity (Wildman–Crippen MR) is 108 cm³/mol. The molecule has 27 heavy (non-hydrogen) atoms. The summed E-state index contributed by atoms with van der Waals surface area (Å²) in [5.74, 6) is -0.0478. The van der Waals surface area contributed by atoms with Crippen molar-refractivity contribution in [2.24, 2.45) is 0 Å². The molecule has 4 rings (SSSR count). The monoisotopic (exact) mass is 388 g/mol. The van der Waals surface area contributed by atoms with Crippen molar-refractivity contribution in [1.29, 1.82) is 0 Å². The van der Waals surface area contributed by atoms with Crippen molar-refractivity contribution in [3.8, 4) is 0 Å². The lowest BCUT2D eigenvalue weighted by atomic mass is 9.78. The Kier molecular flexibility index (Phi) is 5.78. The van der Waals surface area contributed by atoms with E-state index in [-0.39, 0.29) is 24.2 Å². The first-order chi connectivity index (χ1) is 13.2. The smallest absolute Gasteiger partial charge is 0.246 e. The van der Waals surface area contributed by atoms with Crippen LogP contribution < -0.4 is 5.32 Å². The number of rotatable bonds is 5. The van der Waals surface area contributed by atoms with E-state index in [1.165, 1.54) is 15.6 Å². The lowest BCUT2D eigenvalue weighted by Gasteiger charge is -2.49. The minimum Gasteiger partial charge on any atom is -0.375 e. The van der Waals surface area contributed by atoms with E-state index in [1.54, 1.807) is 7.11 Å². The van der Waals surface area contributed by atoms with Gasteiger partial charge >= 0.3 is 0 Å². The van der Waals surface area contributed by atoms with Crippen LogP contribution in [0.3, 0.4) is 0 Å². The van der Waals surface area contributed by atoms with Gasteiger partial charge in [0.25, 0.3) is 0 Å². The molecule has 0 radical (unpaired) electrons. The Morgan fingerprint density at radius 2 is 2.30 bits per heavy atom. The van der Waals surface area contributed by atoms with E-state index in [9.17, 15) is 4.79 Å². The fraction of sp³-hybridized carbons (Fsp3) is 0.571. The van der Waals surface area contributed by atoms with E-state index < -0.39 is 0 Å². The molecule has 6 heteroatoms. The second-order valence-corrected chi connectivity index (χ2v) is 8.59. The molecule has 1 amide bonds. The highest BCUT2D eigenvalue weighted by molar-refractivity contribution is 7.17. The zero-order valence-corrected chi connectivity index (χ0v) is 16.7. The Bertz CT molecular complexity index is 789. The lowest BCUT2D eigenvalue weighted by Crippen LogP contribution is -2.64. The molecule has 1 aliphatic heterocycles. The minimum absolute atomic E-state index is 0.0478. The fourth-order valence-electron chi connectivity index (χ4n) is 4.56. The third kappa shape index (κ3) is 4.04. The van der Waals surface area contributed by atoms with Crippen LogP contribution >= 0.6 is 11.3 Å². The summed E-state index contributed by atoms with van der Waals surface area (Å²) in [4.78, 5) is 14.6. The van der Waals surface area contributed by atoms with Crippen molar-refractivity contribution < 1.29 is 14.3 Å².